The summed E-state index contributed by atoms with van der Waals surface area (Å²) in [7, 11) is 0. The van der Waals surface area contributed by atoms with Crippen LogP contribution in [0.4, 0.5) is 0 Å². The molecule has 0 aliphatic carbocycles. The molecule has 3 rings (SSSR count). The van der Waals surface area contributed by atoms with Gasteiger partial charge in [-0.1, -0.05) is 5.16 Å². The molecule has 3 aromatic heterocycles. The van der Waals surface area contributed by atoms with Crippen LogP contribution >= 0.6 is 15.9 Å². The molecule has 0 aromatic carbocycles. The number of aryl methyl sites for hydroxylation is 1. The van der Waals surface area contributed by atoms with Crippen LogP contribution in [0.2, 0.25) is 0 Å². The fourth-order valence-corrected chi connectivity index (χ4v) is 1.96. The highest BCUT2D eigenvalue weighted by Crippen LogP contribution is 2.23. The number of hydrogen-bond acceptors (Lipinski definition) is 3. The first-order valence-electron chi connectivity index (χ1n) is 4.80. The number of halogens is 1. The van der Waals surface area contributed by atoms with Gasteiger partial charge in [0, 0.05) is 16.7 Å². The molecule has 0 aliphatic heterocycles. The van der Waals surface area contributed by atoms with Crippen molar-refractivity contribution in [2.24, 2.45) is 0 Å². The van der Waals surface area contributed by atoms with Gasteiger partial charge in [0.25, 0.3) is 0 Å². The third-order valence-electron chi connectivity index (χ3n) is 2.35. The number of imidazole rings is 1. The molecule has 3 aromatic rings. The SMILES string of the molecule is Cc1cc(-c2cnc3ccc(Br)cn23)on1. The van der Waals surface area contributed by atoms with Gasteiger partial charge in [-0.25, -0.2) is 4.98 Å². The number of nitrogens with zero attached hydrogens (tertiary/aromatic N) is 3. The van der Waals surface area contributed by atoms with E-state index in [2.05, 4.69) is 26.1 Å². The van der Waals surface area contributed by atoms with E-state index >= 15 is 0 Å². The first-order chi connectivity index (χ1) is 7.74. The number of pyridine rings is 1. The van der Waals surface area contributed by atoms with Crippen LogP contribution in [-0.4, -0.2) is 14.5 Å². The zero-order valence-corrected chi connectivity index (χ0v) is 10.1. The molecule has 5 heteroatoms. The Bertz CT molecular complexity index is 656. The van der Waals surface area contributed by atoms with Gasteiger partial charge in [-0.2, -0.15) is 0 Å². The summed E-state index contributed by atoms with van der Waals surface area (Å²) < 4.78 is 8.19. The second-order valence-corrected chi connectivity index (χ2v) is 4.47. The maximum Gasteiger partial charge on any atom is 0.185 e. The summed E-state index contributed by atoms with van der Waals surface area (Å²) in [6.07, 6.45) is 3.73. The molecule has 0 saturated heterocycles. The molecule has 0 saturated carbocycles. The lowest BCUT2D eigenvalue weighted by atomic mass is 10.3. The van der Waals surface area contributed by atoms with Crippen molar-refractivity contribution in [3.05, 3.63) is 40.8 Å². The van der Waals surface area contributed by atoms with Gasteiger partial charge in [0.1, 0.15) is 11.3 Å². The summed E-state index contributed by atoms with van der Waals surface area (Å²) in [6.45, 7) is 1.89. The fraction of sp³-hybridized carbons (Fsp3) is 0.0909. The molecule has 16 heavy (non-hydrogen) atoms. The lowest BCUT2D eigenvalue weighted by Crippen LogP contribution is -1.86. The fourth-order valence-electron chi connectivity index (χ4n) is 1.62. The number of aromatic nitrogens is 3. The molecule has 0 radical (unpaired) electrons. The summed E-state index contributed by atoms with van der Waals surface area (Å²) in [6, 6.07) is 5.79. The Morgan fingerprint density at radius 1 is 1.38 bits per heavy atom. The lowest BCUT2D eigenvalue weighted by Gasteiger charge is -1.97. The number of fused-ring (bicyclic) bond motifs is 1. The molecule has 0 atom stereocenters. The largest absolute Gasteiger partial charge is 0.354 e. The molecule has 80 valence electrons. The van der Waals surface area contributed by atoms with Crippen molar-refractivity contribution in [1.29, 1.82) is 0 Å². The van der Waals surface area contributed by atoms with Crippen LogP contribution in [0.3, 0.4) is 0 Å². The quantitative estimate of drug-likeness (QED) is 0.687. The lowest BCUT2D eigenvalue weighted by molar-refractivity contribution is 0.425. The predicted molar refractivity (Wildman–Crippen MR) is 63.1 cm³/mol. The molecule has 0 aliphatic rings. The van der Waals surface area contributed by atoms with E-state index in [1.807, 2.05) is 35.7 Å². The Morgan fingerprint density at radius 3 is 3.00 bits per heavy atom. The molecule has 4 nitrogen and oxygen atoms in total. The molecule has 3 heterocycles. The summed E-state index contributed by atoms with van der Waals surface area (Å²) in [5.74, 6) is 0.725. The molecular weight excluding hydrogens is 270 g/mol. The highest BCUT2D eigenvalue weighted by Gasteiger charge is 2.10. The standard InChI is InChI=1S/C11H8BrN3O/c1-7-4-10(16-14-7)9-5-13-11-3-2-8(12)6-15(9)11/h2-6H,1H3. The molecule has 0 unspecified atom stereocenters. The second-order valence-electron chi connectivity index (χ2n) is 3.55. The van der Waals surface area contributed by atoms with Crippen molar-refractivity contribution in [3.8, 4) is 11.5 Å². The van der Waals surface area contributed by atoms with Gasteiger partial charge in [-0.05, 0) is 35.0 Å². The summed E-state index contributed by atoms with van der Waals surface area (Å²) in [5, 5.41) is 3.87. The van der Waals surface area contributed by atoms with E-state index < -0.39 is 0 Å². The minimum absolute atomic E-state index is 0.725. The topological polar surface area (TPSA) is 43.3 Å². The average Bonchev–Trinajstić information content (AvgIpc) is 2.83. The van der Waals surface area contributed by atoms with Gasteiger partial charge in [0.15, 0.2) is 5.76 Å². The molecule has 0 N–H and O–H groups in total. The second kappa shape index (κ2) is 3.45. The summed E-state index contributed by atoms with van der Waals surface area (Å²) in [5.41, 5.74) is 2.64. The molecular formula is C11H8BrN3O. The minimum atomic E-state index is 0.725. The van der Waals surface area contributed by atoms with Crippen LogP contribution in [0.25, 0.3) is 17.1 Å². The van der Waals surface area contributed by atoms with E-state index in [0.29, 0.717) is 0 Å². The predicted octanol–water partition coefficient (Wildman–Crippen LogP) is 3.06. The van der Waals surface area contributed by atoms with Crippen molar-refractivity contribution < 1.29 is 4.52 Å². The van der Waals surface area contributed by atoms with E-state index in [9.17, 15) is 0 Å². The average molecular weight is 278 g/mol. The van der Waals surface area contributed by atoms with Crippen molar-refractivity contribution in [2.45, 2.75) is 6.92 Å². The maximum absolute atomic E-state index is 5.23. The van der Waals surface area contributed by atoms with Gasteiger partial charge in [-0.3, -0.25) is 4.40 Å². The van der Waals surface area contributed by atoms with Crippen molar-refractivity contribution in [2.75, 3.05) is 0 Å². The summed E-state index contributed by atoms with van der Waals surface area (Å²) >= 11 is 3.43. The van der Waals surface area contributed by atoms with Crippen LogP contribution < -0.4 is 0 Å². The third kappa shape index (κ3) is 1.44. The van der Waals surface area contributed by atoms with E-state index in [1.54, 1.807) is 6.20 Å². The summed E-state index contributed by atoms with van der Waals surface area (Å²) in [4.78, 5) is 4.30. The van der Waals surface area contributed by atoms with Crippen molar-refractivity contribution in [1.82, 2.24) is 14.5 Å². The molecule has 0 amide bonds. The van der Waals surface area contributed by atoms with Crippen LogP contribution in [-0.2, 0) is 0 Å². The van der Waals surface area contributed by atoms with Gasteiger partial charge in [-0.15, -0.1) is 0 Å². The Balaban J connectivity index is 2.27. The van der Waals surface area contributed by atoms with Gasteiger partial charge >= 0.3 is 0 Å². The Kier molecular flexibility index (Phi) is 2.07. The first-order valence-corrected chi connectivity index (χ1v) is 5.59. The van der Waals surface area contributed by atoms with Crippen LogP contribution in [0.1, 0.15) is 5.69 Å². The molecule has 0 fully saturated rings. The van der Waals surface area contributed by atoms with E-state index in [1.165, 1.54) is 0 Å². The normalized spacial score (nSPS) is 11.1. The van der Waals surface area contributed by atoms with E-state index in [4.69, 9.17) is 4.52 Å². The first kappa shape index (κ1) is 9.59. The Hall–Kier alpha value is -1.62. The van der Waals surface area contributed by atoms with Crippen molar-refractivity contribution >= 4 is 21.6 Å². The third-order valence-corrected chi connectivity index (χ3v) is 2.82. The van der Waals surface area contributed by atoms with Gasteiger partial charge < -0.3 is 4.52 Å². The van der Waals surface area contributed by atoms with Crippen molar-refractivity contribution in [3.63, 3.8) is 0 Å². The van der Waals surface area contributed by atoms with E-state index in [0.717, 1.165) is 27.3 Å². The number of hydrogen-bond donors (Lipinski definition) is 0. The Labute approximate surface area is 100 Å². The van der Waals surface area contributed by atoms with Gasteiger partial charge in [0.05, 0.1) is 11.9 Å². The monoisotopic (exact) mass is 277 g/mol. The van der Waals surface area contributed by atoms with Crippen LogP contribution in [0, 0.1) is 6.92 Å². The maximum atomic E-state index is 5.23. The molecule has 0 spiro atoms. The van der Waals surface area contributed by atoms with Gasteiger partial charge in [0.2, 0.25) is 0 Å². The zero-order valence-electron chi connectivity index (χ0n) is 8.51. The Morgan fingerprint density at radius 2 is 2.25 bits per heavy atom. The highest BCUT2D eigenvalue weighted by atomic mass is 79.9. The number of rotatable bonds is 1. The smallest absolute Gasteiger partial charge is 0.185 e. The zero-order chi connectivity index (χ0) is 11.1. The van der Waals surface area contributed by atoms with E-state index in [-0.39, 0.29) is 0 Å². The molecule has 0 bridgehead atoms. The van der Waals surface area contributed by atoms with Crippen LogP contribution in [0.5, 0.6) is 0 Å². The highest BCUT2D eigenvalue weighted by molar-refractivity contribution is 9.10. The van der Waals surface area contributed by atoms with Crippen LogP contribution in [0.15, 0.2) is 39.6 Å². The minimum Gasteiger partial charge on any atom is -0.354 e.